The first-order valence-electron chi connectivity index (χ1n) is 7.29. The normalized spacial score (nSPS) is 12.2. The number of rotatable bonds is 4. The average Bonchev–Trinajstić information content (AvgIpc) is 2.86. The largest absolute Gasteiger partial charge is 0.453 e. The van der Waals surface area contributed by atoms with Crippen LogP contribution >= 0.6 is 11.3 Å². The predicted octanol–water partition coefficient (Wildman–Crippen LogP) is 1.76. The Balaban J connectivity index is 1.80. The first-order chi connectivity index (χ1) is 11.5. The zero-order valence-corrected chi connectivity index (χ0v) is 13.9. The second-order valence-electron chi connectivity index (χ2n) is 5.33. The van der Waals surface area contributed by atoms with Gasteiger partial charge in [0.25, 0.3) is 5.56 Å². The lowest BCUT2D eigenvalue weighted by atomic mass is 10.2. The predicted molar refractivity (Wildman–Crippen MR) is 90.2 cm³/mol. The van der Waals surface area contributed by atoms with Gasteiger partial charge in [-0.3, -0.25) is 19.0 Å². The number of aryl methyl sites for hydroxylation is 1. The van der Waals surface area contributed by atoms with Gasteiger partial charge in [-0.15, -0.1) is 0 Å². The van der Waals surface area contributed by atoms with Gasteiger partial charge in [-0.25, -0.2) is 4.98 Å². The maximum absolute atomic E-state index is 12.1. The lowest BCUT2D eigenvalue weighted by molar-refractivity contribution is -0.149. The van der Waals surface area contributed by atoms with E-state index in [0.717, 1.165) is 11.3 Å². The number of aromatic nitrogens is 3. The molecule has 0 aliphatic rings. The van der Waals surface area contributed by atoms with Gasteiger partial charge in [0.1, 0.15) is 6.54 Å². The van der Waals surface area contributed by atoms with E-state index in [1.54, 1.807) is 43.5 Å². The number of carbonyl (C=O) groups excluding carboxylic acids is 1. The van der Waals surface area contributed by atoms with Crippen molar-refractivity contribution in [2.75, 3.05) is 0 Å². The minimum atomic E-state index is -0.732. The molecule has 3 aromatic rings. The van der Waals surface area contributed by atoms with Crippen molar-refractivity contribution in [2.24, 2.45) is 0 Å². The number of fused-ring (bicyclic) bond motifs is 1. The van der Waals surface area contributed by atoms with Crippen molar-refractivity contribution in [1.82, 2.24) is 14.5 Å². The third-order valence-electron chi connectivity index (χ3n) is 3.59. The van der Waals surface area contributed by atoms with E-state index < -0.39 is 12.1 Å². The summed E-state index contributed by atoms with van der Waals surface area (Å²) in [5.41, 5.74) is 0.944. The molecular formula is C16H15N3O4S. The fourth-order valence-corrected chi connectivity index (χ4v) is 3.05. The molecule has 0 amide bonds. The molecular weight excluding hydrogens is 330 g/mol. The van der Waals surface area contributed by atoms with Crippen LogP contribution in [0.5, 0.6) is 0 Å². The first kappa shape index (κ1) is 16.1. The summed E-state index contributed by atoms with van der Waals surface area (Å²) < 4.78 is 6.64. The Bertz CT molecular complexity index is 1020. The standard InChI is InChI=1S/C16H15N3O4S/c1-9-8-24-16(22)19(9)7-13(20)23-10(2)14-17-12-6-4-3-5-11(12)15(21)18-14/h3-6,8,10H,7H2,1-2H3,(H,17,18,21)/t10-/m1/s1. The van der Waals surface area contributed by atoms with Crippen molar-refractivity contribution < 1.29 is 9.53 Å². The summed E-state index contributed by atoms with van der Waals surface area (Å²) in [6, 6.07) is 6.93. The van der Waals surface area contributed by atoms with Gasteiger partial charge in [0, 0.05) is 11.1 Å². The van der Waals surface area contributed by atoms with Gasteiger partial charge in [0.15, 0.2) is 11.9 Å². The summed E-state index contributed by atoms with van der Waals surface area (Å²) in [5.74, 6) is -0.302. The number of carbonyl (C=O) groups is 1. The van der Waals surface area contributed by atoms with E-state index in [0.29, 0.717) is 16.6 Å². The number of thiazole rings is 1. The van der Waals surface area contributed by atoms with Crippen LogP contribution in [-0.4, -0.2) is 20.5 Å². The van der Waals surface area contributed by atoms with Crippen LogP contribution in [0.25, 0.3) is 10.9 Å². The van der Waals surface area contributed by atoms with Gasteiger partial charge < -0.3 is 9.72 Å². The molecule has 0 spiro atoms. The van der Waals surface area contributed by atoms with Crippen LogP contribution in [0.1, 0.15) is 24.5 Å². The molecule has 0 aliphatic heterocycles. The Morgan fingerprint density at radius 3 is 2.83 bits per heavy atom. The van der Waals surface area contributed by atoms with Gasteiger partial charge in [0.05, 0.1) is 10.9 Å². The molecule has 0 saturated heterocycles. The third-order valence-corrected chi connectivity index (χ3v) is 4.47. The smallest absolute Gasteiger partial charge is 0.326 e. The Labute approximate surface area is 140 Å². The van der Waals surface area contributed by atoms with Gasteiger partial charge in [0.2, 0.25) is 0 Å². The van der Waals surface area contributed by atoms with Crippen molar-refractivity contribution in [3.05, 3.63) is 61.2 Å². The lowest BCUT2D eigenvalue weighted by Crippen LogP contribution is -2.24. The topological polar surface area (TPSA) is 94.0 Å². The highest BCUT2D eigenvalue weighted by Crippen LogP contribution is 2.14. The van der Waals surface area contributed by atoms with Crippen molar-refractivity contribution in [1.29, 1.82) is 0 Å². The molecule has 0 unspecified atom stereocenters. The summed E-state index contributed by atoms with van der Waals surface area (Å²) >= 11 is 1.03. The number of para-hydroxylation sites is 1. The number of hydrogen-bond donors (Lipinski definition) is 1. The van der Waals surface area contributed by atoms with Crippen LogP contribution in [0, 0.1) is 6.92 Å². The van der Waals surface area contributed by atoms with Gasteiger partial charge >= 0.3 is 10.8 Å². The number of nitrogens with zero attached hydrogens (tertiary/aromatic N) is 2. The zero-order valence-electron chi connectivity index (χ0n) is 13.1. The monoisotopic (exact) mass is 345 g/mol. The van der Waals surface area contributed by atoms with E-state index in [1.165, 1.54) is 4.57 Å². The molecule has 2 heterocycles. The van der Waals surface area contributed by atoms with E-state index in [4.69, 9.17) is 4.74 Å². The highest BCUT2D eigenvalue weighted by Gasteiger charge is 2.17. The Kier molecular flexibility index (Phi) is 4.30. The molecule has 124 valence electrons. The molecule has 1 N–H and O–H groups in total. The number of aromatic amines is 1. The molecule has 7 nitrogen and oxygen atoms in total. The van der Waals surface area contributed by atoms with Gasteiger partial charge in [-0.2, -0.15) is 0 Å². The number of hydrogen-bond acceptors (Lipinski definition) is 6. The summed E-state index contributed by atoms with van der Waals surface area (Å²) in [6.07, 6.45) is -0.732. The van der Waals surface area contributed by atoms with Crippen LogP contribution in [-0.2, 0) is 16.1 Å². The molecule has 0 radical (unpaired) electrons. The van der Waals surface area contributed by atoms with E-state index in [1.807, 2.05) is 0 Å². The SMILES string of the molecule is Cc1csc(=O)n1CC(=O)O[C@H](C)c1nc2ccccc2c(=O)[nH]1. The average molecular weight is 345 g/mol. The Morgan fingerprint density at radius 1 is 1.38 bits per heavy atom. The van der Waals surface area contributed by atoms with Crippen molar-refractivity contribution in [3.63, 3.8) is 0 Å². The molecule has 24 heavy (non-hydrogen) atoms. The molecule has 0 saturated carbocycles. The number of esters is 1. The highest BCUT2D eigenvalue weighted by atomic mass is 32.1. The Hall–Kier alpha value is -2.74. The Morgan fingerprint density at radius 2 is 2.12 bits per heavy atom. The van der Waals surface area contributed by atoms with E-state index in [2.05, 4.69) is 9.97 Å². The quantitative estimate of drug-likeness (QED) is 0.727. The van der Waals surface area contributed by atoms with Crippen LogP contribution in [0.3, 0.4) is 0 Å². The number of ether oxygens (including phenoxy) is 1. The van der Waals surface area contributed by atoms with Crippen LogP contribution < -0.4 is 10.4 Å². The second-order valence-corrected chi connectivity index (χ2v) is 6.15. The lowest BCUT2D eigenvalue weighted by Gasteiger charge is -2.13. The van der Waals surface area contributed by atoms with Crippen molar-refractivity contribution in [3.8, 4) is 0 Å². The second kappa shape index (κ2) is 6.40. The molecule has 8 heteroatoms. The van der Waals surface area contributed by atoms with Crippen LogP contribution in [0.2, 0.25) is 0 Å². The van der Waals surface area contributed by atoms with E-state index in [-0.39, 0.29) is 22.8 Å². The van der Waals surface area contributed by atoms with Gasteiger partial charge in [-0.05, 0) is 26.0 Å². The van der Waals surface area contributed by atoms with Gasteiger partial charge in [-0.1, -0.05) is 23.5 Å². The fourth-order valence-electron chi connectivity index (χ4n) is 2.31. The van der Waals surface area contributed by atoms with E-state index >= 15 is 0 Å². The summed E-state index contributed by atoms with van der Waals surface area (Å²) in [6.45, 7) is 3.20. The summed E-state index contributed by atoms with van der Waals surface area (Å²) in [7, 11) is 0. The molecule has 0 bridgehead atoms. The molecule has 2 aromatic heterocycles. The maximum atomic E-state index is 12.1. The molecule has 1 atom stereocenters. The van der Waals surface area contributed by atoms with Crippen molar-refractivity contribution in [2.45, 2.75) is 26.5 Å². The molecule has 0 fully saturated rings. The number of benzene rings is 1. The van der Waals surface area contributed by atoms with E-state index in [9.17, 15) is 14.4 Å². The molecule has 3 rings (SSSR count). The highest BCUT2D eigenvalue weighted by molar-refractivity contribution is 7.07. The molecule has 0 aliphatic carbocycles. The maximum Gasteiger partial charge on any atom is 0.326 e. The fraction of sp³-hybridized carbons (Fsp3) is 0.250. The van der Waals surface area contributed by atoms with Crippen molar-refractivity contribution >= 4 is 28.2 Å². The van der Waals surface area contributed by atoms with Crippen LogP contribution in [0.4, 0.5) is 0 Å². The number of nitrogens with one attached hydrogen (secondary N) is 1. The summed E-state index contributed by atoms with van der Waals surface area (Å²) in [4.78, 5) is 42.5. The first-order valence-corrected chi connectivity index (χ1v) is 8.17. The number of H-pyrrole nitrogens is 1. The minimum absolute atomic E-state index is 0.170. The third kappa shape index (κ3) is 3.13. The minimum Gasteiger partial charge on any atom is -0.453 e. The zero-order chi connectivity index (χ0) is 17.3. The summed E-state index contributed by atoms with van der Waals surface area (Å²) in [5, 5.41) is 2.15. The molecule has 1 aromatic carbocycles. The van der Waals surface area contributed by atoms with Crippen LogP contribution in [0.15, 0.2) is 39.2 Å².